The average Bonchev–Trinajstić information content (AvgIpc) is 2.45. The first kappa shape index (κ1) is 15.3. The summed E-state index contributed by atoms with van der Waals surface area (Å²) in [5, 5.41) is 8.74. The molecule has 3 N–H and O–H groups in total. The van der Waals surface area contributed by atoms with E-state index >= 15 is 0 Å². The van der Waals surface area contributed by atoms with Crippen molar-refractivity contribution in [1.29, 1.82) is 0 Å². The number of anilines is 1. The zero-order valence-corrected chi connectivity index (χ0v) is 12.0. The molecule has 21 heavy (non-hydrogen) atoms. The molecule has 6 heteroatoms. The number of carboxylic acid groups (broad SMARTS) is 1. The van der Waals surface area contributed by atoms with Gasteiger partial charge in [-0.2, -0.15) is 0 Å². The van der Waals surface area contributed by atoms with Crippen LogP contribution in [0, 0.1) is 0 Å². The van der Waals surface area contributed by atoms with E-state index in [4.69, 9.17) is 10.8 Å². The molecule has 1 aromatic rings. The maximum Gasteiger partial charge on any atom is 0.317 e. The summed E-state index contributed by atoms with van der Waals surface area (Å²) in [4.78, 5) is 26.4. The molecule has 0 aromatic heterocycles. The number of hydrogen-bond acceptors (Lipinski definition) is 4. The number of piperazine rings is 1. The van der Waals surface area contributed by atoms with Gasteiger partial charge in [-0.15, -0.1) is 0 Å². The average molecular weight is 291 g/mol. The molecule has 1 aromatic carbocycles. The summed E-state index contributed by atoms with van der Waals surface area (Å²) < 4.78 is 0. The quantitative estimate of drug-likeness (QED) is 0.768. The van der Waals surface area contributed by atoms with E-state index in [0.29, 0.717) is 44.7 Å². The Labute approximate surface area is 124 Å². The van der Waals surface area contributed by atoms with Crippen molar-refractivity contribution >= 4 is 17.6 Å². The highest BCUT2D eigenvalue weighted by Crippen LogP contribution is 2.11. The third-order valence-corrected chi connectivity index (χ3v) is 3.66. The van der Waals surface area contributed by atoms with E-state index in [1.54, 1.807) is 0 Å². The molecule has 0 bridgehead atoms. The van der Waals surface area contributed by atoms with E-state index in [1.165, 1.54) is 0 Å². The van der Waals surface area contributed by atoms with Gasteiger partial charge in [0.25, 0.3) is 0 Å². The molecule has 1 aliphatic rings. The van der Waals surface area contributed by atoms with Gasteiger partial charge >= 0.3 is 5.97 Å². The van der Waals surface area contributed by atoms with E-state index in [1.807, 2.05) is 34.1 Å². The fourth-order valence-corrected chi connectivity index (χ4v) is 2.50. The van der Waals surface area contributed by atoms with Crippen molar-refractivity contribution in [3.8, 4) is 0 Å². The van der Waals surface area contributed by atoms with Crippen LogP contribution in [0.15, 0.2) is 24.3 Å². The number of carbonyl (C=O) groups excluding carboxylic acids is 1. The summed E-state index contributed by atoms with van der Waals surface area (Å²) >= 11 is 0. The summed E-state index contributed by atoms with van der Waals surface area (Å²) in [5.41, 5.74) is 7.49. The summed E-state index contributed by atoms with van der Waals surface area (Å²) in [6.07, 6.45) is 1.14. The fourth-order valence-electron chi connectivity index (χ4n) is 2.50. The predicted octanol–water partition coefficient (Wildman–Crippen LogP) is 0.430. The van der Waals surface area contributed by atoms with Crippen LogP contribution < -0.4 is 5.73 Å². The Morgan fingerprint density at radius 1 is 1.19 bits per heavy atom. The van der Waals surface area contributed by atoms with Gasteiger partial charge in [-0.05, 0) is 24.1 Å². The van der Waals surface area contributed by atoms with Crippen molar-refractivity contribution in [1.82, 2.24) is 9.80 Å². The Morgan fingerprint density at radius 2 is 1.90 bits per heavy atom. The lowest BCUT2D eigenvalue weighted by atomic mass is 10.1. The molecular weight excluding hydrogens is 270 g/mol. The first-order valence-corrected chi connectivity index (χ1v) is 7.11. The molecule has 2 rings (SSSR count). The van der Waals surface area contributed by atoms with Gasteiger partial charge in [0.1, 0.15) is 0 Å². The number of nitrogens with zero attached hydrogens (tertiary/aromatic N) is 2. The van der Waals surface area contributed by atoms with E-state index < -0.39 is 5.97 Å². The molecule has 1 heterocycles. The molecular formula is C15H21N3O3. The van der Waals surface area contributed by atoms with Gasteiger partial charge in [-0.1, -0.05) is 12.1 Å². The molecule has 0 aliphatic carbocycles. The number of aryl methyl sites for hydroxylation is 1. The maximum absolute atomic E-state index is 12.1. The number of nitrogens with two attached hydrogens (primary N) is 1. The second-order valence-corrected chi connectivity index (χ2v) is 5.30. The Morgan fingerprint density at radius 3 is 2.52 bits per heavy atom. The summed E-state index contributed by atoms with van der Waals surface area (Å²) in [6.45, 7) is 2.49. The number of amides is 1. The van der Waals surface area contributed by atoms with E-state index in [9.17, 15) is 9.59 Å². The molecule has 1 saturated heterocycles. The maximum atomic E-state index is 12.1. The van der Waals surface area contributed by atoms with Crippen LogP contribution in [0.2, 0.25) is 0 Å². The fraction of sp³-hybridized carbons (Fsp3) is 0.467. The number of nitrogen functional groups attached to an aromatic ring is 1. The topological polar surface area (TPSA) is 86.9 Å². The van der Waals surface area contributed by atoms with Crippen molar-refractivity contribution in [2.45, 2.75) is 12.8 Å². The van der Waals surface area contributed by atoms with Gasteiger partial charge in [0.15, 0.2) is 0 Å². The largest absolute Gasteiger partial charge is 0.480 e. The van der Waals surface area contributed by atoms with Crippen LogP contribution in [0.3, 0.4) is 0 Å². The molecule has 0 saturated carbocycles. The second-order valence-electron chi connectivity index (χ2n) is 5.30. The minimum atomic E-state index is -0.823. The van der Waals surface area contributed by atoms with Gasteiger partial charge in [-0.3, -0.25) is 14.5 Å². The number of hydrogen-bond donors (Lipinski definition) is 2. The third kappa shape index (κ3) is 4.75. The SMILES string of the molecule is Nc1cccc(CCC(=O)N2CCN(CC(=O)O)CC2)c1. The minimum Gasteiger partial charge on any atom is -0.480 e. The monoisotopic (exact) mass is 291 g/mol. The summed E-state index contributed by atoms with van der Waals surface area (Å²) in [7, 11) is 0. The lowest BCUT2D eigenvalue weighted by molar-refractivity contribution is -0.139. The first-order valence-electron chi connectivity index (χ1n) is 7.11. The highest BCUT2D eigenvalue weighted by Gasteiger charge is 2.21. The molecule has 1 amide bonds. The lowest BCUT2D eigenvalue weighted by Gasteiger charge is -2.33. The van der Waals surface area contributed by atoms with Crippen molar-refractivity contribution in [3.63, 3.8) is 0 Å². The molecule has 0 unspecified atom stereocenters. The molecule has 114 valence electrons. The van der Waals surface area contributed by atoms with Gasteiger partial charge in [-0.25, -0.2) is 0 Å². The second kappa shape index (κ2) is 7.08. The van der Waals surface area contributed by atoms with E-state index in [-0.39, 0.29) is 12.5 Å². The van der Waals surface area contributed by atoms with Gasteiger partial charge in [0.05, 0.1) is 6.54 Å². The highest BCUT2D eigenvalue weighted by molar-refractivity contribution is 5.76. The highest BCUT2D eigenvalue weighted by atomic mass is 16.4. The summed E-state index contributed by atoms with van der Waals surface area (Å²) in [6, 6.07) is 7.57. The molecule has 0 atom stereocenters. The lowest BCUT2D eigenvalue weighted by Crippen LogP contribution is -2.49. The molecule has 0 spiro atoms. The van der Waals surface area contributed by atoms with E-state index in [2.05, 4.69) is 0 Å². The van der Waals surface area contributed by atoms with Crippen molar-refractivity contribution in [2.75, 3.05) is 38.5 Å². The number of carboxylic acids is 1. The van der Waals surface area contributed by atoms with Crippen molar-refractivity contribution in [2.24, 2.45) is 0 Å². The van der Waals surface area contributed by atoms with Crippen LogP contribution in [0.4, 0.5) is 5.69 Å². The van der Waals surface area contributed by atoms with Crippen LogP contribution in [0.25, 0.3) is 0 Å². The number of benzene rings is 1. The van der Waals surface area contributed by atoms with Crippen LogP contribution in [-0.4, -0.2) is 59.5 Å². The third-order valence-electron chi connectivity index (χ3n) is 3.66. The first-order chi connectivity index (χ1) is 10.0. The minimum absolute atomic E-state index is 0.0469. The van der Waals surface area contributed by atoms with Gasteiger partial charge in [0, 0.05) is 38.3 Å². The van der Waals surface area contributed by atoms with Crippen LogP contribution in [-0.2, 0) is 16.0 Å². The van der Waals surface area contributed by atoms with Crippen LogP contribution in [0.1, 0.15) is 12.0 Å². The number of rotatable bonds is 5. The van der Waals surface area contributed by atoms with E-state index in [0.717, 1.165) is 5.56 Å². The number of aliphatic carboxylic acids is 1. The molecule has 6 nitrogen and oxygen atoms in total. The zero-order chi connectivity index (χ0) is 15.2. The molecule has 1 aliphatic heterocycles. The Hall–Kier alpha value is -2.08. The van der Waals surface area contributed by atoms with Crippen LogP contribution >= 0.6 is 0 Å². The van der Waals surface area contributed by atoms with Gasteiger partial charge < -0.3 is 15.7 Å². The predicted molar refractivity (Wildman–Crippen MR) is 79.8 cm³/mol. The standard InChI is InChI=1S/C15H21N3O3/c16-13-3-1-2-12(10-13)4-5-14(19)18-8-6-17(7-9-18)11-15(20)21/h1-3,10H,4-9,11,16H2,(H,20,21). The summed E-state index contributed by atoms with van der Waals surface area (Å²) in [5.74, 6) is -0.705. The normalized spacial score (nSPS) is 15.9. The molecule has 0 radical (unpaired) electrons. The van der Waals surface area contributed by atoms with Crippen molar-refractivity contribution in [3.05, 3.63) is 29.8 Å². The Kier molecular flexibility index (Phi) is 5.16. The smallest absolute Gasteiger partial charge is 0.317 e. The Bertz CT molecular complexity index is 511. The van der Waals surface area contributed by atoms with Crippen molar-refractivity contribution < 1.29 is 14.7 Å². The zero-order valence-electron chi connectivity index (χ0n) is 12.0. The molecule has 1 fully saturated rings. The van der Waals surface area contributed by atoms with Gasteiger partial charge in [0.2, 0.25) is 5.91 Å². The Balaban J connectivity index is 1.76. The van der Waals surface area contributed by atoms with Crippen LogP contribution in [0.5, 0.6) is 0 Å². The number of carbonyl (C=O) groups is 2.